The van der Waals surface area contributed by atoms with Crippen molar-refractivity contribution in [3.63, 3.8) is 0 Å². The van der Waals surface area contributed by atoms with Crippen LogP contribution in [0.15, 0.2) is 29.6 Å². The molecule has 2 aromatic rings. The van der Waals surface area contributed by atoms with E-state index in [0.717, 1.165) is 5.65 Å². The van der Waals surface area contributed by atoms with Gasteiger partial charge in [0, 0.05) is 6.20 Å². The van der Waals surface area contributed by atoms with Crippen LogP contribution in [0.4, 0.5) is 0 Å². The number of rotatable bonds is 1. The van der Waals surface area contributed by atoms with Gasteiger partial charge in [0.25, 0.3) is 0 Å². The Morgan fingerprint density at radius 3 is 3.15 bits per heavy atom. The first-order valence-electron chi connectivity index (χ1n) is 3.63. The van der Waals surface area contributed by atoms with Gasteiger partial charge in [-0.15, -0.1) is 0 Å². The Hall–Kier alpha value is -1.55. The predicted octanol–water partition coefficient (Wildman–Crippen LogP) is 1.80. The molecule has 2 rings (SSSR count). The summed E-state index contributed by atoms with van der Waals surface area (Å²) in [4.78, 5) is 4.06. The van der Waals surface area contributed by atoms with Crippen LogP contribution in [0.3, 0.4) is 0 Å². The summed E-state index contributed by atoms with van der Waals surface area (Å²) in [5, 5.41) is 11.6. The van der Waals surface area contributed by atoms with E-state index in [1.54, 1.807) is 10.6 Å². The summed E-state index contributed by atoms with van der Waals surface area (Å²) >= 11 is 5.81. The van der Waals surface area contributed by atoms with Crippen LogP contribution in [0.5, 0.6) is 0 Å². The highest BCUT2D eigenvalue weighted by molar-refractivity contribution is 6.32. The van der Waals surface area contributed by atoms with Crippen LogP contribution in [0.1, 0.15) is 5.69 Å². The molecule has 13 heavy (non-hydrogen) atoms. The number of pyridine rings is 1. The number of imidazole rings is 1. The monoisotopic (exact) mass is 195 g/mol. The van der Waals surface area contributed by atoms with Crippen LogP contribution in [0.25, 0.3) is 5.65 Å². The molecule has 0 spiro atoms. The fourth-order valence-electron chi connectivity index (χ4n) is 1.16. The third-order valence-corrected chi connectivity index (χ3v) is 1.98. The van der Waals surface area contributed by atoms with Crippen molar-refractivity contribution in [2.45, 2.75) is 0 Å². The zero-order valence-electron chi connectivity index (χ0n) is 6.55. The van der Waals surface area contributed by atoms with Crippen molar-refractivity contribution in [3.05, 3.63) is 35.2 Å². The molecule has 1 N–H and O–H groups in total. The maximum Gasteiger partial charge on any atom is 0.157 e. The van der Waals surface area contributed by atoms with Crippen molar-refractivity contribution >= 4 is 23.5 Å². The van der Waals surface area contributed by atoms with Crippen LogP contribution in [-0.4, -0.2) is 20.8 Å². The van der Waals surface area contributed by atoms with Gasteiger partial charge >= 0.3 is 0 Å². The van der Waals surface area contributed by atoms with Crippen molar-refractivity contribution in [2.24, 2.45) is 5.16 Å². The lowest BCUT2D eigenvalue weighted by molar-refractivity contribution is 0.321. The molecule has 0 aromatic carbocycles. The van der Waals surface area contributed by atoms with Crippen LogP contribution < -0.4 is 0 Å². The SMILES string of the molecule is O/N=C/c1c(Cl)nc2ccccn12. The second-order valence-corrected chi connectivity index (χ2v) is 2.82. The normalized spacial score (nSPS) is 11.5. The Balaban J connectivity index is 2.78. The molecule has 66 valence electrons. The minimum atomic E-state index is 0.323. The van der Waals surface area contributed by atoms with Gasteiger partial charge in [-0.3, -0.25) is 4.40 Å². The zero-order valence-corrected chi connectivity index (χ0v) is 7.31. The van der Waals surface area contributed by atoms with E-state index in [-0.39, 0.29) is 0 Å². The summed E-state index contributed by atoms with van der Waals surface area (Å²) in [6, 6.07) is 5.53. The molecule has 0 aliphatic carbocycles. The standard InChI is InChI=1S/C8H6ClN3O/c9-8-6(5-10-13)12-4-2-1-3-7(12)11-8/h1-5,13H/b10-5+. The number of nitrogens with zero attached hydrogens (tertiary/aromatic N) is 3. The van der Waals surface area contributed by atoms with Gasteiger partial charge in [0.1, 0.15) is 11.3 Å². The number of hydrogen-bond donors (Lipinski definition) is 1. The topological polar surface area (TPSA) is 49.9 Å². The summed E-state index contributed by atoms with van der Waals surface area (Å²) in [5.41, 5.74) is 1.29. The first-order valence-corrected chi connectivity index (χ1v) is 4.01. The van der Waals surface area contributed by atoms with E-state index < -0.39 is 0 Å². The third-order valence-electron chi connectivity index (χ3n) is 1.70. The fourth-order valence-corrected chi connectivity index (χ4v) is 1.38. The third kappa shape index (κ3) is 1.25. The van der Waals surface area contributed by atoms with Gasteiger partial charge in [-0.2, -0.15) is 0 Å². The molecule has 0 atom stereocenters. The highest BCUT2D eigenvalue weighted by Gasteiger charge is 2.06. The molecule has 4 nitrogen and oxygen atoms in total. The lowest BCUT2D eigenvalue weighted by Crippen LogP contribution is -1.90. The maximum atomic E-state index is 8.39. The minimum Gasteiger partial charge on any atom is -0.411 e. The lowest BCUT2D eigenvalue weighted by Gasteiger charge is -1.92. The van der Waals surface area contributed by atoms with E-state index in [1.165, 1.54) is 6.21 Å². The number of aromatic nitrogens is 2. The summed E-state index contributed by atoms with van der Waals surface area (Å²) < 4.78 is 1.74. The van der Waals surface area contributed by atoms with E-state index in [1.807, 2.05) is 18.2 Å². The molecule has 0 amide bonds. The molecule has 0 fully saturated rings. The van der Waals surface area contributed by atoms with E-state index in [4.69, 9.17) is 16.8 Å². The number of fused-ring (bicyclic) bond motifs is 1. The molecule has 0 radical (unpaired) electrons. The van der Waals surface area contributed by atoms with Crippen LogP contribution >= 0.6 is 11.6 Å². The molecule has 2 aromatic heterocycles. The Morgan fingerprint density at radius 1 is 1.54 bits per heavy atom. The molecular weight excluding hydrogens is 190 g/mol. The number of hydrogen-bond acceptors (Lipinski definition) is 3. The van der Waals surface area contributed by atoms with Crippen molar-refractivity contribution in [3.8, 4) is 0 Å². The summed E-state index contributed by atoms with van der Waals surface area (Å²) in [7, 11) is 0. The zero-order chi connectivity index (χ0) is 9.26. The van der Waals surface area contributed by atoms with Gasteiger partial charge < -0.3 is 5.21 Å². The lowest BCUT2D eigenvalue weighted by atomic mass is 10.4. The first-order chi connectivity index (χ1) is 6.33. The number of halogens is 1. The second-order valence-electron chi connectivity index (χ2n) is 2.46. The van der Waals surface area contributed by atoms with Gasteiger partial charge in [0.2, 0.25) is 0 Å². The highest BCUT2D eigenvalue weighted by atomic mass is 35.5. The quantitative estimate of drug-likeness (QED) is 0.429. The van der Waals surface area contributed by atoms with Crippen molar-refractivity contribution in [1.82, 2.24) is 9.38 Å². The molecule has 5 heteroatoms. The van der Waals surface area contributed by atoms with E-state index in [9.17, 15) is 0 Å². The molecule has 0 bridgehead atoms. The van der Waals surface area contributed by atoms with E-state index in [0.29, 0.717) is 10.8 Å². The van der Waals surface area contributed by atoms with Crippen LogP contribution in [-0.2, 0) is 0 Å². The second kappa shape index (κ2) is 3.06. The van der Waals surface area contributed by atoms with Gasteiger partial charge in [0.15, 0.2) is 5.15 Å². The summed E-state index contributed by atoms with van der Waals surface area (Å²) in [5.74, 6) is 0. The summed E-state index contributed by atoms with van der Waals surface area (Å²) in [6.45, 7) is 0. The van der Waals surface area contributed by atoms with Gasteiger partial charge in [-0.1, -0.05) is 22.8 Å². The molecule has 2 heterocycles. The molecule has 0 saturated carbocycles. The van der Waals surface area contributed by atoms with Crippen LogP contribution in [0, 0.1) is 0 Å². The van der Waals surface area contributed by atoms with Gasteiger partial charge in [-0.25, -0.2) is 4.98 Å². The average molecular weight is 196 g/mol. The van der Waals surface area contributed by atoms with Crippen LogP contribution in [0.2, 0.25) is 5.15 Å². The van der Waals surface area contributed by atoms with Crippen molar-refractivity contribution in [2.75, 3.05) is 0 Å². The molecular formula is C8H6ClN3O. The van der Waals surface area contributed by atoms with Crippen molar-refractivity contribution in [1.29, 1.82) is 0 Å². The minimum absolute atomic E-state index is 0.323. The Kier molecular flexibility index (Phi) is 1.90. The van der Waals surface area contributed by atoms with E-state index >= 15 is 0 Å². The van der Waals surface area contributed by atoms with Gasteiger partial charge in [0.05, 0.1) is 6.21 Å². The first kappa shape index (κ1) is 8.07. The smallest absolute Gasteiger partial charge is 0.157 e. The Morgan fingerprint density at radius 2 is 2.38 bits per heavy atom. The summed E-state index contributed by atoms with van der Waals surface area (Å²) in [6.07, 6.45) is 3.05. The molecule has 0 aliphatic rings. The highest BCUT2D eigenvalue weighted by Crippen LogP contribution is 2.15. The van der Waals surface area contributed by atoms with Crippen molar-refractivity contribution < 1.29 is 5.21 Å². The number of oxime groups is 1. The Labute approximate surface area is 79.1 Å². The Bertz CT molecular complexity index is 463. The molecule has 0 saturated heterocycles. The van der Waals surface area contributed by atoms with E-state index in [2.05, 4.69) is 10.1 Å². The predicted molar refractivity (Wildman–Crippen MR) is 49.6 cm³/mol. The fraction of sp³-hybridized carbons (Fsp3) is 0. The maximum absolute atomic E-state index is 8.39. The largest absolute Gasteiger partial charge is 0.411 e. The molecule has 0 unspecified atom stereocenters. The van der Waals surface area contributed by atoms with Gasteiger partial charge in [-0.05, 0) is 12.1 Å². The average Bonchev–Trinajstić information content (AvgIpc) is 2.44. The molecule has 0 aliphatic heterocycles.